The van der Waals surface area contributed by atoms with Crippen LogP contribution in [-0.2, 0) is 11.3 Å². The number of carbonyl (C=O) groups excluding carboxylic acids is 1. The van der Waals surface area contributed by atoms with Crippen molar-refractivity contribution in [2.75, 3.05) is 13.6 Å². The number of nitrogens with zero attached hydrogens (tertiary/aromatic N) is 1. The second kappa shape index (κ2) is 9.60. The van der Waals surface area contributed by atoms with Gasteiger partial charge in [0.1, 0.15) is 0 Å². The first-order chi connectivity index (χ1) is 11.4. The van der Waals surface area contributed by atoms with Crippen LogP contribution in [0.1, 0.15) is 26.3 Å². The second-order valence-corrected chi connectivity index (χ2v) is 6.76. The van der Waals surface area contributed by atoms with Crippen LogP contribution in [0.2, 0.25) is 0 Å². The van der Waals surface area contributed by atoms with Crippen molar-refractivity contribution in [2.45, 2.75) is 32.9 Å². The molecule has 0 saturated heterocycles. The molecule has 6 heteroatoms. The lowest BCUT2D eigenvalue weighted by Gasteiger charge is -2.21. The van der Waals surface area contributed by atoms with E-state index >= 15 is 0 Å². The minimum absolute atomic E-state index is 0. The van der Waals surface area contributed by atoms with E-state index in [0.717, 1.165) is 5.56 Å². The summed E-state index contributed by atoms with van der Waals surface area (Å²) in [6.07, 6.45) is 0. The molecule has 2 aromatic carbocycles. The van der Waals surface area contributed by atoms with Gasteiger partial charge in [0.25, 0.3) is 0 Å². The van der Waals surface area contributed by atoms with E-state index in [0.29, 0.717) is 12.5 Å². The van der Waals surface area contributed by atoms with Crippen LogP contribution < -0.4 is 16.0 Å². The molecule has 0 bridgehead atoms. The molecule has 3 N–H and O–H groups in total. The van der Waals surface area contributed by atoms with Crippen molar-refractivity contribution in [3.63, 3.8) is 0 Å². The maximum absolute atomic E-state index is 11.8. The zero-order valence-corrected chi connectivity index (χ0v) is 17.5. The van der Waals surface area contributed by atoms with Crippen molar-refractivity contribution in [3.8, 4) is 0 Å². The zero-order valence-electron chi connectivity index (χ0n) is 15.2. The van der Waals surface area contributed by atoms with Crippen molar-refractivity contribution in [3.05, 3.63) is 48.0 Å². The Hall–Kier alpha value is -1.83. The fourth-order valence-electron chi connectivity index (χ4n) is 2.38. The van der Waals surface area contributed by atoms with E-state index in [-0.39, 0.29) is 42.0 Å². The summed E-state index contributed by atoms with van der Waals surface area (Å²) in [5.41, 5.74) is 0.927. The number of aliphatic imine (C=N–C) groups is 1. The van der Waals surface area contributed by atoms with Gasteiger partial charge in [0.2, 0.25) is 5.91 Å². The standard InChI is InChI=1S/C19H26N4O.HI/c1-19(2,3)23-17(24)13-22-18(20-4)21-12-14-9-10-15-7-5-6-8-16(15)11-14;/h5-11H,12-13H2,1-4H3,(H,23,24)(H2,20,21,22);1H. The van der Waals surface area contributed by atoms with Crippen LogP contribution in [0.15, 0.2) is 47.5 Å². The van der Waals surface area contributed by atoms with Gasteiger partial charge in [-0.15, -0.1) is 24.0 Å². The third kappa shape index (κ3) is 7.29. The molecule has 0 unspecified atom stereocenters. The molecule has 0 aliphatic carbocycles. The number of hydrogen-bond donors (Lipinski definition) is 3. The Kier molecular flexibility index (Phi) is 8.15. The van der Waals surface area contributed by atoms with Gasteiger partial charge >= 0.3 is 0 Å². The first-order valence-corrected chi connectivity index (χ1v) is 8.10. The number of nitrogens with one attached hydrogen (secondary N) is 3. The molecular formula is C19H27IN4O. The normalized spacial score (nSPS) is 11.6. The molecule has 2 rings (SSSR count). The lowest BCUT2D eigenvalue weighted by Crippen LogP contribution is -2.48. The molecule has 0 fully saturated rings. The highest BCUT2D eigenvalue weighted by Gasteiger charge is 2.13. The number of carbonyl (C=O) groups is 1. The largest absolute Gasteiger partial charge is 0.352 e. The summed E-state index contributed by atoms with van der Waals surface area (Å²) in [6, 6.07) is 14.6. The maximum Gasteiger partial charge on any atom is 0.239 e. The molecule has 5 nitrogen and oxygen atoms in total. The molecule has 0 heterocycles. The lowest BCUT2D eigenvalue weighted by atomic mass is 10.1. The van der Waals surface area contributed by atoms with Crippen LogP contribution >= 0.6 is 24.0 Å². The monoisotopic (exact) mass is 454 g/mol. The number of benzene rings is 2. The van der Waals surface area contributed by atoms with Crippen LogP contribution in [0.3, 0.4) is 0 Å². The molecule has 1 amide bonds. The molecule has 0 saturated carbocycles. The summed E-state index contributed by atoms with van der Waals surface area (Å²) in [5.74, 6) is 0.545. The number of fused-ring (bicyclic) bond motifs is 1. The molecule has 136 valence electrons. The van der Waals surface area contributed by atoms with Gasteiger partial charge in [-0.3, -0.25) is 9.79 Å². The van der Waals surface area contributed by atoms with E-state index in [1.54, 1.807) is 7.05 Å². The first-order valence-electron chi connectivity index (χ1n) is 8.10. The van der Waals surface area contributed by atoms with Crippen molar-refractivity contribution in [1.29, 1.82) is 0 Å². The van der Waals surface area contributed by atoms with Crippen LogP contribution in [0.25, 0.3) is 10.8 Å². The fraction of sp³-hybridized carbons (Fsp3) is 0.368. The number of hydrogen-bond acceptors (Lipinski definition) is 2. The Morgan fingerprint density at radius 2 is 1.72 bits per heavy atom. The van der Waals surface area contributed by atoms with Gasteiger partial charge in [0.05, 0.1) is 6.54 Å². The number of guanidine groups is 1. The van der Waals surface area contributed by atoms with E-state index in [2.05, 4.69) is 51.3 Å². The molecule has 0 radical (unpaired) electrons. The summed E-state index contributed by atoms with van der Waals surface area (Å²) < 4.78 is 0. The van der Waals surface area contributed by atoms with Gasteiger partial charge in [-0.25, -0.2) is 0 Å². The van der Waals surface area contributed by atoms with E-state index in [4.69, 9.17) is 0 Å². The lowest BCUT2D eigenvalue weighted by molar-refractivity contribution is -0.121. The van der Waals surface area contributed by atoms with Crippen LogP contribution in [0.4, 0.5) is 0 Å². The highest BCUT2D eigenvalue weighted by atomic mass is 127. The molecule has 2 aromatic rings. The fourth-order valence-corrected chi connectivity index (χ4v) is 2.38. The highest BCUT2D eigenvalue weighted by molar-refractivity contribution is 14.0. The predicted octanol–water partition coefficient (Wildman–Crippen LogP) is 3.04. The summed E-state index contributed by atoms with van der Waals surface area (Å²) in [4.78, 5) is 16.0. The van der Waals surface area contributed by atoms with E-state index in [9.17, 15) is 4.79 Å². The average Bonchev–Trinajstić information content (AvgIpc) is 2.53. The molecule has 0 spiro atoms. The van der Waals surface area contributed by atoms with Crippen molar-refractivity contribution >= 4 is 46.6 Å². The summed E-state index contributed by atoms with van der Waals surface area (Å²) in [6.45, 7) is 6.70. The van der Waals surface area contributed by atoms with Gasteiger partial charge in [0.15, 0.2) is 5.96 Å². The first kappa shape index (κ1) is 21.2. The van der Waals surface area contributed by atoms with Gasteiger partial charge in [0, 0.05) is 19.1 Å². The third-order valence-electron chi connectivity index (χ3n) is 3.43. The van der Waals surface area contributed by atoms with E-state index < -0.39 is 0 Å². The Morgan fingerprint density at radius 1 is 1.04 bits per heavy atom. The van der Waals surface area contributed by atoms with E-state index in [1.165, 1.54) is 10.8 Å². The van der Waals surface area contributed by atoms with Crippen molar-refractivity contribution in [2.24, 2.45) is 4.99 Å². The quantitative estimate of drug-likeness (QED) is 0.378. The predicted molar refractivity (Wildman–Crippen MR) is 115 cm³/mol. The Balaban J connectivity index is 0.00000312. The van der Waals surface area contributed by atoms with Gasteiger partial charge in [-0.1, -0.05) is 36.4 Å². The van der Waals surface area contributed by atoms with E-state index in [1.807, 2.05) is 32.9 Å². The van der Waals surface area contributed by atoms with Crippen LogP contribution in [-0.4, -0.2) is 31.0 Å². The zero-order chi connectivity index (χ0) is 17.6. The Bertz CT molecular complexity index is 738. The van der Waals surface area contributed by atoms with Crippen molar-refractivity contribution < 1.29 is 4.79 Å². The Morgan fingerprint density at radius 3 is 2.36 bits per heavy atom. The molecule has 0 aliphatic heterocycles. The number of rotatable bonds is 4. The topological polar surface area (TPSA) is 65.5 Å². The highest BCUT2D eigenvalue weighted by Crippen LogP contribution is 2.15. The molecular weight excluding hydrogens is 427 g/mol. The molecule has 25 heavy (non-hydrogen) atoms. The Labute approximate surface area is 166 Å². The number of halogens is 1. The second-order valence-electron chi connectivity index (χ2n) is 6.76. The van der Waals surface area contributed by atoms with Gasteiger partial charge in [-0.05, 0) is 43.2 Å². The van der Waals surface area contributed by atoms with Crippen molar-refractivity contribution in [1.82, 2.24) is 16.0 Å². The maximum atomic E-state index is 11.8. The number of amides is 1. The summed E-state index contributed by atoms with van der Waals surface area (Å²) >= 11 is 0. The van der Waals surface area contributed by atoms with Crippen LogP contribution in [0.5, 0.6) is 0 Å². The van der Waals surface area contributed by atoms with Crippen LogP contribution in [0, 0.1) is 0 Å². The summed E-state index contributed by atoms with van der Waals surface area (Å²) in [7, 11) is 1.69. The van der Waals surface area contributed by atoms with Gasteiger partial charge in [-0.2, -0.15) is 0 Å². The molecule has 0 aliphatic rings. The molecule has 0 atom stereocenters. The molecule has 0 aromatic heterocycles. The summed E-state index contributed by atoms with van der Waals surface area (Å²) in [5, 5.41) is 11.6. The minimum Gasteiger partial charge on any atom is -0.352 e. The third-order valence-corrected chi connectivity index (χ3v) is 3.43. The van der Waals surface area contributed by atoms with Gasteiger partial charge < -0.3 is 16.0 Å². The minimum atomic E-state index is -0.235. The SMILES string of the molecule is CN=C(NCC(=O)NC(C)(C)C)NCc1ccc2ccccc2c1.I. The average molecular weight is 454 g/mol. The smallest absolute Gasteiger partial charge is 0.239 e.